The molecule has 0 fully saturated rings. The molecule has 0 bridgehead atoms. The molecule has 0 spiro atoms. The zero-order valence-electron chi connectivity index (χ0n) is 30.4. The second-order valence-electron chi connectivity index (χ2n) is 12.5. The lowest BCUT2D eigenvalue weighted by Gasteiger charge is -2.14. The molecule has 0 aromatic carbocycles. The number of carbonyl (C=O) groups is 2. The largest absolute Gasteiger partial charge is 0.480 e. The van der Waals surface area contributed by atoms with Crippen molar-refractivity contribution in [2.75, 3.05) is 65.8 Å². The van der Waals surface area contributed by atoms with Crippen molar-refractivity contribution in [1.29, 1.82) is 0 Å². The Morgan fingerprint density at radius 2 is 0.936 bits per heavy atom. The van der Waals surface area contributed by atoms with Crippen molar-refractivity contribution in [3.05, 3.63) is 0 Å². The summed E-state index contributed by atoms with van der Waals surface area (Å²) >= 11 is 0. The van der Waals surface area contributed by atoms with E-state index in [1.165, 1.54) is 89.9 Å². The monoisotopic (exact) mass is 675 g/mol. The molecule has 0 aromatic heterocycles. The Kier molecular flexibility index (Phi) is 38.0. The lowest BCUT2D eigenvalue weighted by Crippen LogP contribution is -2.42. The van der Waals surface area contributed by atoms with Crippen LogP contribution in [0.25, 0.3) is 0 Å². The lowest BCUT2D eigenvalue weighted by molar-refractivity contribution is -0.141. The number of nitrogens with one attached hydrogen (secondary N) is 4. The van der Waals surface area contributed by atoms with Gasteiger partial charge in [0, 0.05) is 46.1 Å². The van der Waals surface area contributed by atoms with Crippen LogP contribution in [-0.4, -0.2) is 88.8 Å². The van der Waals surface area contributed by atoms with E-state index in [0.29, 0.717) is 65.4 Å². The van der Waals surface area contributed by atoms with Crippen LogP contribution in [0, 0.1) is 0 Å². The molecular weight excluding hydrogens is 600 g/mol. The molecule has 0 aliphatic carbocycles. The number of carboxylic acids is 1. The summed E-state index contributed by atoms with van der Waals surface area (Å²) in [5, 5.41) is 15.2. The summed E-state index contributed by atoms with van der Waals surface area (Å²) in [6.07, 6.45) is 23.7. The molecule has 1 atom stereocenters. The van der Waals surface area contributed by atoms with Crippen LogP contribution in [0.4, 0.5) is 0 Å². The highest BCUT2D eigenvalue weighted by Gasteiger charge is 2.20. The summed E-state index contributed by atoms with van der Waals surface area (Å²) in [4.78, 5) is 34.6. The zero-order valence-corrected chi connectivity index (χ0v) is 30.4. The molecule has 47 heavy (non-hydrogen) atoms. The second-order valence-corrected chi connectivity index (χ2v) is 12.5. The van der Waals surface area contributed by atoms with E-state index in [1.54, 1.807) is 0 Å². The fourth-order valence-electron chi connectivity index (χ4n) is 4.96. The molecule has 1 amide bonds. The summed E-state index contributed by atoms with van der Waals surface area (Å²) in [5.74, 6) is -1.32. The molecule has 0 aromatic rings. The predicted molar refractivity (Wildman–Crippen MR) is 190 cm³/mol. The van der Waals surface area contributed by atoms with Crippen LogP contribution in [0.1, 0.15) is 149 Å². The summed E-state index contributed by atoms with van der Waals surface area (Å²) in [5.41, 5.74) is 5.80. The Labute approximate surface area is 287 Å². The van der Waals surface area contributed by atoms with Gasteiger partial charge in [0.2, 0.25) is 5.91 Å². The number of carboxylic acid groups (broad SMARTS) is 1. The van der Waals surface area contributed by atoms with E-state index in [4.69, 9.17) is 19.1 Å². The first-order chi connectivity index (χ1) is 23.1. The van der Waals surface area contributed by atoms with Crippen molar-refractivity contribution in [1.82, 2.24) is 21.6 Å². The maximum atomic E-state index is 12.2. The van der Waals surface area contributed by atoms with Crippen molar-refractivity contribution in [3.8, 4) is 0 Å². The van der Waals surface area contributed by atoms with Gasteiger partial charge in [-0.15, -0.1) is 0 Å². The summed E-state index contributed by atoms with van der Waals surface area (Å²) in [6, 6.07) is -0.923. The molecule has 11 heteroatoms. The Morgan fingerprint density at radius 1 is 0.511 bits per heavy atom. The van der Waals surface area contributed by atoms with E-state index < -0.39 is 12.0 Å². The van der Waals surface area contributed by atoms with E-state index in [9.17, 15) is 14.7 Å². The van der Waals surface area contributed by atoms with E-state index in [-0.39, 0.29) is 12.3 Å². The predicted octanol–water partition coefficient (Wildman–Crippen LogP) is 6.45. The molecule has 0 rings (SSSR count). The van der Waals surface area contributed by atoms with Crippen molar-refractivity contribution >= 4 is 11.9 Å². The first-order valence-electron chi connectivity index (χ1n) is 19.2. The first kappa shape index (κ1) is 45.7. The second kappa shape index (κ2) is 39.1. The third-order valence-electron chi connectivity index (χ3n) is 7.87. The molecule has 0 radical (unpaired) electrons. The van der Waals surface area contributed by atoms with Crippen LogP contribution in [0.5, 0.6) is 0 Å². The highest BCUT2D eigenvalue weighted by molar-refractivity contribution is 5.84. The zero-order chi connectivity index (χ0) is 34.3. The quantitative estimate of drug-likeness (QED) is 0.0364. The summed E-state index contributed by atoms with van der Waals surface area (Å²) in [7, 11) is 0. The smallest absolute Gasteiger partial charge is 0.321 e. The third kappa shape index (κ3) is 37.3. The minimum absolute atomic E-state index is 0.110. The van der Waals surface area contributed by atoms with E-state index in [0.717, 1.165) is 38.9 Å². The van der Waals surface area contributed by atoms with Gasteiger partial charge in [-0.1, -0.05) is 104 Å². The van der Waals surface area contributed by atoms with Gasteiger partial charge in [-0.05, 0) is 45.1 Å². The van der Waals surface area contributed by atoms with Crippen LogP contribution in [-0.2, 0) is 28.7 Å². The van der Waals surface area contributed by atoms with Gasteiger partial charge < -0.3 is 34.9 Å². The van der Waals surface area contributed by atoms with E-state index in [1.807, 2.05) is 0 Å². The van der Waals surface area contributed by atoms with E-state index in [2.05, 4.69) is 35.4 Å². The number of aliphatic carboxylic acids is 1. The minimum Gasteiger partial charge on any atom is -0.480 e. The van der Waals surface area contributed by atoms with Crippen LogP contribution in [0.3, 0.4) is 0 Å². The van der Waals surface area contributed by atoms with Gasteiger partial charge in [-0.3, -0.25) is 9.59 Å². The molecule has 11 nitrogen and oxygen atoms in total. The van der Waals surface area contributed by atoms with Gasteiger partial charge >= 0.3 is 5.97 Å². The SMILES string of the molecule is CCCCCCCCCCOCCCONCCCNC(=O)C[C@H](NCCCNOCCCOCCCCCCCCCC)C(=O)O. The van der Waals surface area contributed by atoms with Crippen LogP contribution < -0.4 is 21.6 Å². The van der Waals surface area contributed by atoms with Crippen molar-refractivity contribution in [2.45, 2.75) is 155 Å². The normalized spacial score (nSPS) is 12.0. The van der Waals surface area contributed by atoms with Gasteiger partial charge in [0.05, 0.1) is 19.6 Å². The topological polar surface area (TPSA) is 139 Å². The highest BCUT2D eigenvalue weighted by Crippen LogP contribution is 2.09. The van der Waals surface area contributed by atoms with Crippen molar-refractivity contribution in [3.63, 3.8) is 0 Å². The van der Waals surface area contributed by atoms with Gasteiger partial charge in [0.15, 0.2) is 0 Å². The number of unbranched alkanes of at least 4 members (excludes halogenated alkanes) is 14. The molecule has 5 N–H and O–H groups in total. The molecule has 0 saturated carbocycles. The number of ether oxygens (including phenoxy) is 2. The van der Waals surface area contributed by atoms with Crippen molar-refractivity contribution in [2.24, 2.45) is 0 Å². The van der Waals surface area contributed by atoms with Crippen molar-refractivity contribution < 1.29 is 33.8 Å². The third-order valence-corrected chi connectivity index (χ3v) is 7.87. The van der Waals surface area contributed by atoms with Gasteiger partial charge in [-0.25, -0.2) is 11.0 Å². The molecule has 0 aliphatic heterocycles. The molecule has 0 heterocycles. The van der Waals surface area contributed by atoms with Crippen LogP contribution >= 0.6 is 0 Å². The maximum absolute atomic E-state index is 12.2. The minimum atomic E-state index is -1.03. The van der Waals surface area contributed by atoms with Crippen LogP contribution in [0.15, 0.2) is 0 Å². The Morgan fingerprint density at radius 3 is 1.40 bits per heavy atom. The number of carbonyl (C=O) groups excluding carboxylic acids is 1. The molecule has 0 aliphatic rings. The van der Waals surface area contributed by atoms with Gasteiger partial charge in [0.1, 0.15) is 6.04 Å². The average Bonchev–Trinajstić information content (AvgIpc) is 3.06. The fraction of sp³-hybridized carbons (Fsp3) is 0.944. The average molecular weight is 675 g/mol. The van der Waals surface area contributed by atoms with E-state index >= 15 is 0 Å². The maximum Gasteiger partial charge on any atom is 0.321 e. The van der Waals surface area contributed by atoms with Gasteiger partial charge in [-0.2, -0.15) is 0 Å². The number of amides is 1. The Bertz CT molecular complexity index is 661. The fourth-order valence-corrected chi connectivity index (χ4v) is 4.96. The molecule has 0 saturated heterocycles. The lowest BCUT2D eigenvalue weighted by atomic mass is 10.1. The number of hydrogen-bond acceptors (Lipinski definition) is 9. The number of rotatable bonds is 40. The summed E-state index contributed by atoms with van der Waals surface area (Å²) < 4.78 is 11.3. The Hall–Kier alpha value is -1.34. The highest BCUT2D eigenvalue weighted by atomic mass is 16.6. The summed E-state index contributed by atoms with van der Waals surface area (Å²) in [6.45, 7) is 10.8. The molecular formula is C36H74N4O7. The molecule has 280 valence electrons. The Balaban J connectivity index is 3.47. The van der Waals surface area contributed by atoms with Crippen LogP contribution in [0.2, 0.25) is 0 Å². The molecule has 0 unspecified atom stereocenters. The number of hydroxylamine groups is 2. The van der Waals surface area contributed by atoms with Gasteiger partial charge in [0.25, 0.3) is 0 Å². The standard InChI is InChI=1S/C36H74N4O7/c1-3-5-7-9-11-13-15-17-27-44-29-21-31-46-39-25-19-23-37-34(36(42)43)33-35(41)38-24-20-26-40-47-32-22-30-45-28-18-16-14-12-10-8-6-4-2/h34,37,39-40H,3-33H2,1-2H3,(H,38,41)(H,42,43)/t34-/m0/s1. The first-order valence-corrected chi connectivity index (χ1v) is 19.2. The number of hydrogen-bond donors (Lipinski definition) is 5.